The first-order chi connectivity index (χ1) is 17.2. The highest BCUT2D eigenvalue weighted by molar-refractivity contribution is 5.82. The van der Waals surface area contributed by atoms with Crippen LogP contribution in [0.2, 0.25) is 0 Å². The van der Waals surface area contributed by atoms with Gasteiger partial charge in [-0.05, 0) is 64.8 Å². The predicted octanol–water partition coefficient (Wildman–Crippen LogP) is 6.71. The minimum atomic E-state index is -0.198. The Labute approximate surface area is 204 Å². The fraction of sp³-hybridized carbons (Fsp3) is 0.267. The lowest BCUT2D eigenvalue weighted by atomic mass is 9.95. The number of amides is 1. The third kappa shape index (κ3) is 3.29. The van der Waals surface area contributed by atoms with Crippen molar-refractivity contribution < 1.29 is 13.9 Å². The van der Waals surface area contributed by atoms with E-state index in [4.69, 9.17) is 9.15 Å². The van der Waals surface area contributed by atoms with Crippen molar-refractivity contribution in [3.63, 3.8) is 0 Å². The summed E-state index contributed by atoms with van der Waals surface area (Å²) in [7, 11) is 0. The number of carbonyl (C=O) groups excluding carboxylic acids is 1. The molecule has 5 nitrogen and oxygen atoms in total. The zero-order valence-electron chi connectivity index (χ0n) is 19.6. The van der Waals surface area contributed by atoms with Gasteiger partial charge in [0.15, 0.2) is 11.5 Å². The van der Waals surface area contributed by atoms with Crippen LogP contribution in [0.4, 0.5) is 4.79 Å². The van der Waals surface area contributed by atoms with Crippen LogP contribution in [0.1, 0.15) is 47.8 Å². The molecule has 4 aromatic rings. The summed E-state index contributed by atoms with van der Waals surface area (Å²) >= 11 is 0. The van der Waals surface area contributed by atoms with E-state index in [-0.39, 0.29) is 24.1 Å². The number of ether oxygens (including phenoxy) is 1. The van der Waals surface area contributed by atoms with E-state index in [0.717, 1.165) is 35.9 Å². The van der Waals surface area contributed by atoms with E-state index in [0.29, 0.717) is 12.5 Å². The van der Waals surface area contributed by atoms with Crippen LogP contribution in [0, 0.1) is 6.92 Å². The Morgan fingerprint density at radius 3 is 2.51 bits per heavy atom. The van der Waals surface area contributed by atoms with E-state index in [1.165, 1.54) is 27.8 Å². The number of hydrogen-bond acceptors (Lipinski definition) is 4. The summed E-state index contributed by atoms with van der Waals surface area (Å²) in [6.45, 7) is 2.23. The quantitative estimate of drug-likeness (QED) is 0.340. The van der Waals surface area contributed by atoms with Gasteiger partial charge in [-0.15, -0.1) is 0 Å². The minimum Gasteiger partial charge on any atom is -0.448 e. The number of aryl methyl sites for hydroxylation is 1. The van der Waals surface area contributed by atoms with Crippen molar-refractivity contribution in [3.8, 4) is 11.1 Å². The van der Waals surface area contributed by atoms with Crippen LogP contribution in [0.5, 0.6) is 0 Å². The van der Waals surface area contributed by atoms with Gasteiger partial charge in [-0.3, -0.25) is 4.90 Å². The molecule has 0 spiro atoms. The van der Waals surface area contributed by atoms with Crippen molar-refractivity contribution in [1.29, 1.82) is 0 Å². The molecule has 2 bridgehead atoms. The van der Waals surface area contributed by atoms with Crippen molar-refractivity contribution in [2.45, 2.75) is 44.2 Å². The second kappa shape index (κ2) is 7.84. The van der Waals surface area contributed by atoms with Crippen LogP contribution < -0.4 is 0 Å². The highest BCUT2D eigenvalue weighted by atomic mass is 16.6. The van der Waals surface area contributed by atoms with Gasteiger partial charge in [0.25, 0.3) is 0 Å². The number of aromatic nitrogens is 1. The minimum absolute atomic E-state index is 0.0755. The van der Waals surface area contributed by atoms with Crippen LogP contribution in [-0.2, 0) is 4.74 Å². The Morgan fingerprint density at radius 1 is 1.03 bits per heavy atom. The second-order valence-corrected chi connectivity index (χ2v) is 9.82. The lowest BCUT2D eigenvalue weighted by Crippen LogP contribution is -2.43. The van der Waals surface area contributed by atoms with E-state index < -0.39 is 0 Å². The maximum Gasteiger partial charge on any atom is 0.410 e. The van der Waals surface area contributed by atoms with Crippen LogP contribution in [-0.4, -0.2) is 34.7 Å². The smallest absolute Gasteiger partial charge is 0.410 e. The normalized spacial score (nSPS) is 20.6. The molecule has 1 fully saturated rings. The van der Waals surface area contributed by atoms with E-state index in [2.05, 4.69) is 71.7 Å². The van der Waals surface area contributed by atoms with Crippen molar-refractivity contribution in [2.24, 2.45) is 0 Å². The number of fused-ring (bicyclic) bond motifs is 6. The SMILES string of the molecule is Cc1nc2ccc(C3=CC4CCC(C3)N4C(=O)OCC3c4ccccc4-c4ccccc43)cc2o1. The fourth-order valence-electron chi connectivity index (χ4n) is 6.24. The van der Waals surface area contributed by atoms with Gasteiger partial charge in [-0.25, -0.2) is 9.78 Å². The van der Waals surface area contributed by atoms with Gasteiger partial charge >= 0.3 is 6.09 Å². The van der Waals surface area contributed by atoms with Crippen molar-refractivity contribution in [1.82, 2.24) is 9.88 Å². The Hall–Kier alpha value is -3.86. The number of hydrogen-bond donors (Lipinski definition) is 0. The molecule has 2 unspecified atom stereocenters. The first kappa shape index (κ1) is 20.5. The third-order valence-corrected chi connectivity index (χ3v) is 7.81. The Bertz CT molecular complexity index is 1460. The van der Waals surface area contributed by atoms with Gasteiger partial charge in [0.1, 0.15) is 12.1 Å². The van der Waals surface area contributed by atoms with E-state index in [9.17, 15) is 4.79 Å². The highest BCUT2D eigenvalue weighted by Gasteiger charge is 2.41. The van der Waals surface area contributed by atoms with Crippen LogP contribution in [0.3, 0.4) is 0 Å². The Balaban J connectivity index is 1.10. The molecule has 35 heavy (non-hydrogen) atoms. The Kier molecular flexibility index (Phi) is 4.59. The number of oxazole rings is 1. The van der Waals surface area contributed by atoms with Gasteiger partial charge in [-0.1, -0.05) is 60.7 Å². The number of nitrogens with zero attached hydrogens (tertiary/aromatic N) is 2. The zero-order valence-corrected chi connectivity index (χ0v) is 19.6. The summed E-state index contributed by atoms with van der Waals surface area (Å²) in [5, 5.41) is 0. The molecule has 5 heteroatoms. The number of benzene rings is 3. The number of rotatable bonds is 3. The van der Waals surface area contributed by atoms with Gasteiger partial charge in [0, 0.05) is 18.9 Å². The predicted molar refractivity (Wildman–Crippen MR) is 135 cm³/mol. The first-order valence-electron chi connectivity index (χ1n) is 12.4. The first-order valence-corrected chi connectivity index (χ1v) is 12.4. The van der Waals surface area contributed by atoms with Crippen LogP contribution in [0.15, 0.2) is 77.2 Å². The zero-order chi connectivity index (χ0) is 23.5. The van der Waals surface area contributed by atoms with E-state index in [1.807, 2.05) is 17.9 Å². The van der Waals surface area contributed by atoms with E-state index in [1.54, 1.807) is 0 Å². The molecule has 1 aliphatic carbocycles. The highest BCUT2D eigenvalue weighted by Crippen LogP contribution is 2.45. The van der Waals surface area contributed by atoms with Crippen LogP contribution >= 0.6 is 0 Å². The molecule has 3 aromatic carbocycles. The molecule has 3 aliphatic rings. The summed E-state index contributed by atoms with van der Waals surface area (Å²) in [6.07, 6.45) is 4.85. The molecule has 2 atom stereocenters. The summed E-state index contributed by atoms with van der Waals surface area (Å²) in [6, 6.07) is 23.3. The van der Waals surface area contributed by atoms with Crippen LogP contribution in [0.25, 0.3) is 27.8 Å². The number of carbonyl (C=O) groups is 1. The van der Waals surface area contributed by atoms with E-state index >= 15 is 0 Å². The van der Waals surface area contributed by atoms with Crippen molar-refractivity contribution in [2.75, 3.05) is 6.61 Å². The van der Waals surface area contributed by atoms with Crippen molar-refractivity contribution in [3.05, 3.63) is 95.4 Å². The molecule has 3 heterocycles. The average molecular weight is 463 g/mol. The molecular weight excluding hydrogens is 436 g/mol. The maximum absolute atomic E-state index is 13.3. The monoisotopic (exact) mass is 462 g/mol. The second-order valence-electron chi connectivity index (χ2n) is 9.82. The summed E-state index contributed by atoms with van der Waals surface area (Å²) < 4.78 is 11.7. The molecule has 0 N–H and O–H groups in total. The molecule has 0 saturated carbocycles. The van der Waals surface area contributed by atoms with Gasteiger partial charge in [0.2, 0.25) is 0 Å². The van der Waals surface area contributed by atoms with Crippen molar-refractivity contribution >= 4 is 22.8 Å². The summed E-state index contributed by atoms with van der Waals surface area (Å²) in [5.41, 5.74) is 9.08. The third-order valence-electron chi connectivity index (χ3n) is 7.81. The Morgan fingerprint density at radius 2 is 1.77 bits per heavy atom. The summed E-state index contributed by atoms with van der Waals surface area (Å²) in [4.78, 5) is 19.7. The lowest BCUT2D eigenvalue weighted by Gasteiger charge is -2.33. The molecule has 1 amide bonds. The topological polar surface area (TPSA) is 55.6 Å². The molecular formula is C30H26N2O3. The molecule has 1 saturated heterocycles. The molecule has 2 aliphatic heterocycles. The fourth-order valence-corrected chi connectivity index (χ4v) is 6.24. The van der Waals surface area contributed by atoms with Gasteiger partial charge in [0.05, 0.1) is 6.04 Å². The maximum atomic E-state index is 13.3. The molecule has 174 valence electrons. The standard InChI is InChI=1S/C30H26N2O3/c1-18-31-28-13-10-19(16-29(28)35-18)20-14-21-11-12-22(15-20)32(21)30(33)34-17-27-25-8-4-2-6-23(25)24-7-3-5-9-26(24)27/h2-10,13-14,16,21-22,27H,11-12,15,17H2,1H3. The van der Waals surface area contributed by atoms with Gasteiger partial charge in [-0.2, -0.15) is 0 Å². The molecule has 7 rings (SSSR count). The van der Waals surface area contributed by atoms with Gasteiger partial charge < -0.3 is 9.15 Å². The summed E-state index contributed by atoms with van der Waals surface area (Å²) in [5.74, 6) is 0.758. The largest absolute Gasteiger partial charge is 0.448 e. The molecule has 0 radical (unpaired) electrons. The lowest BCUT2D eigenvalue weighted by molar-refractivity contribution is 0.0866. The molecule has 1 aromatic heterocycles. The average Bonchev–Trinajstić information content (AvgIpc) is 3.50.